The molecule has 3 aromatic rings. The molecule has 28 heavy (non-hydrogen) atoms. The van der Waals surface area contributed by atoms with E-state index in [0.29, 0.717) is 23.6 Å². The summed E-state index contributed by atoms with van der Waals surface area (Å²) in [5.74, 6) is 0.692. The van der Waals surface area contributed by atoms with E-state index in [0.717, 1.165) is 34.5 Å². The summed E-state index contributed by atoms with van der Waals surface area (Å²) in [5, 5.41) is 15.7. The van der Waals surface area contributed by atoms with Crippen LogP contribution < -0.4 is 5.32 Å². The maximum atomic E-state index is 11.4. The van der Waals surface area contributed by atoms with Crippen molar-refractivity contribution < 1.29 is 9.90 Å². The van der Waals surface area contributed by atoms with Gasteiger partial charge in [0.05, 0.1) is 17.9 Å². The molecule has 0 bridgehead atoms. The monoisotopic (exact) mass is 374 g/mol. The first-order chi connectivity index (χ1) is 13.5. The van der Waals surface area contributed by atoms with E-state index >= 15 is 0 Å². The summed E-state index contributed by atoms with van der Waals surface area (Å²) < 4.78 is 0. The molecule has 2 aromatic carbocycles. The van der Waals surface area contributed by atoms with Crippen molar-refractivity contribution in [2.45, 2.75) is 19.8 Å². The lowest BCUT2D eigenvalue weighted by Crippen LogP contribution is -2.16. The Morgan fingerprint density at radius 3 is 2.61 bits per heavy atom. The lowest BCUT2D eigenvalue weighted by molar-refractivity contribution is -0.115. The number of fused-ring (bicyclic) bond motifs is 3. The summed E-state index contributed by atoms with van der Waals surface area (Å²) in [6, 6.07) is 12.0. The number of aryl methyl sites for hydroxylation is 2. The SMILES string of the molecule is CC(=O)CNc1nc2c(nc1-c1ccc(O)cc1)-c1ccc(N=O)cc1CC2. The average Bonchev–Trinajstić information content (AvgIpc) is 2.71. The first kappa shape index (κ1) is 17.8. The second kappa shape index (κ2) is 7.19. The molecule has 0 saturated heterocycles. The third-order valence-corrected chi connectivity index (χ3v) is 4.69. The van der Waals surface area contributed by atoms with Crippen molar-refractivity contribution in [1.82, 2.24) is 9.97 Å². The number of anilines is 1. The number of rotatable bonds is 5. The van der Waals surface area contributed by atoms with Crippen LogP contribution in [0.3, 0.4) is 0 Å². The lowest BCUT2D eigenvalue weighted by atomic mass is 9.91. The highest BCUT2D eigenvalue weighted by Crippen LogP contribution is 2.37. The molecule has 2 N–H and O–H groups in total. The fourth-order valence-corrected chi connectivity index (χ4v) is 3.34. The van der Waals surface area contributed by atoms with E-state index in [1.54, 1.807) is 36.4 Å². The topological polar surface area (TPSA) is 105 Å². The van der Waals surface area contributed by atoms with Crippen LogP contribution in [-0.4, -0.2) is 27.4 Å². The zero-order chi connectivity index (χ0) is 19.7. The van der Waals surface area contributed by atoms with E-state index in [2.05, 4.69) is 10.5 Å². The number of phenolic OH excluding ortho intramolecular Hbond substituents is 1. The Bertz CT molecular complexity index is 1080. The molecule has 7 heteroatoms. The van der Waals surface area contributed by atoms with Gasteiger partial charge in [-0.2, -0.15) is 0 Å². The van der Waals surface area contributed by atoms with Crippen molar-refractivity contribution in [3.63, 3.8) is 0 Å². The highest BCUT2D eigenvalue weighted by atomic mass is 16.3. The predicted octanol–water partition coefficient (Wildman–Crippen LogP) is 4.01. The van der Waals surface area contributed by atoms with E-state index in [1.165, 1.54) is 6.92 Å². The first-order valence-electron chi connectivity index (χ1n) is 8.95. The molecule has 0 fully saturated rings. The number of Topliss-reactive ketones (excluding diaryl/α,β-unsaturated/α-hetero) is 1. The molecule has 1 aliphatic carbocycles. The number of carbonyl (C=O) groups excluding carboxylic acids is 1. The van der Waals surface area contributed by atoms with Gasteiger partial charge in [0.25, 0.3) is 0 Å². The molecule has 0 atom stereocenters. The van der Waals surface area contributed by atoms with Crippen LogP contribution in [0.1, 0.15) is 18.2 Å². The number of hydrogen-bond donors (Lipinski definition) is 2. The van der Waals surface area contributed by atoms with Crippen LogP contribution in [0.15, 0.2) is 47.6 Å². The highest BCUT2D eigenvalue weighted by molar-refractivity contribution is 5.83. The van der Waals surface area contributed by atoms with Gasteiger partial charge in [-0.1, -0.05) is 6.07 Å². The molecular formula is C21H18N4O3. The van der Waals surface area contributed by atoms with Crippen molar-refractivity contribution in [3.05, 3.63) is 58.6 Å². The molecule has 1 heterocycles. The number of hydrogen-bond acceptors (Lipinski definition) is 7. The van der Waals surface area contributed by atoms with Crippen LogP contribution in [0.5, 0.6) is 5.75 Å². The quantitative estimate of drug-likeness (QED) is 0.654. The Balaban J connectivity index is 1.87. The zero-order valence-corrected chi connectivity index (χ0v) is 15.3. The maximum absolute atomic E-state index is 11.4. The second-order valence-electron chi connectivity index (χ2n) is 6.75. The predicted molar refractivity (Wildman–Crippen MR) is 107 cm³/mol. The van der Waals surface area contributed by atoms with Gasteiger partial charge in [0.2, 0.25) is 0 Å². The zero-order valence-electron chi connectivity index (χ0n) is 15.3. The van der Waals surface area contributed by atoms with Crippen molar-refractivity contribution in [2.75, 3.05) is 11.9 Å². The van der Waals surface area contributed by atoms with E-state index < -0.39 is 0 Å². The van der Waals surface area contributed by atoms with Gasteiger partial charge in [-0.05, 0) is 66.9 Å². The van der Waals surface area contributed by atoms with Gasteiger partial charge in [0, 0.05) is 11.1 Å². The minimum absolute atomic E-state index is 0.00425. The van der Waals surface area contributed by atoms with E-state index in [1.807, 2.05) is 6.07 Å². The first-order valence-corrected chi connectivity index (χ1v) is 8.95. The summed E-state index contributed by atoms with van der Waals surface area (Å²) in [6.45, 7) is 1.66. The van der Waals surface area contributed by atoms with Crippen LogP contribution in [0.2, 0.25) is 0 Å². The van der Waals surface area contributed by atoms with Gasteiger partial charge in [-0.3, -0.25) is 4.79 Å². The van der Waals surface area contributed by atoms with Gasteiger partial charge in [0.15, 0.2) is 5.82 Å². The third-order valence-electron chi connectivity index (χ3n) is 4.69. The molecular weight excluding hydrogens is 356 g/mol. The van der Waals surface area contributed by atoms with Crippen LogP contribution in [-0.2, 0) is 17.6 Å². The Kier molecular flexibility index (Phi) is 4.57. The number of nitrogens with zero attached hydrogens (tertiary/aromatic N) is 3. The third kappa shape index (κ3) is 3.34. The number of nitroso groups, excluding NO2 is 1. The number of aromatic hydroxyl groups is 1. The molecule has 1 aliphatic rings. The Labute approximate surface area is 161 Å². The molecule has 140 valence electrons. The number of benzene rings is 2. The summed E-state index contributed by atoms with van der Waals surface area (Å²) in [4.78, 5) is 31.9. The minimum Gasteiger partial charge on any atom is -0.508 e. The van der Waals surface area contributed by atoms with Gasteiger partial charge in [0.1, 0.15) is 22.9 Å². The average molecular weight is 374 g/mol. The van der Waals surface area contributed by atoms with Crippen LogP contribution in [0.25, 0.3) is 22.5 Å². The van der Waals surface area contributed by atoms with E-state index in [9.17, 15) is 14.8 Å². The summed E-state index contributed by atoms with van der Waals surface area (Å²) >= 11 is 0. The fraction of sp³-hybridized carbons (Fsp3) is 0.190. The van der Waals surface area contributed by atoms with Crippen molar-refractivity contribution in [1.29, 1.82) is 0 Å². The van der Waals surface area contributed by atoms with Crippen LogP contribution in [0.4, 0.5) is 11.5 Å². The Hall–Kier alpha value is -3.61. The van der Waals surface area contributed by atoms with E-state index in [-0.39, 0.29) is 18.1 Å². The molecule has 0 amide bonds. The standard InChI is InChI=1S/C21H18N4O3/c1-12(26)11-22-21-19(13-2-6-16(27)7-3-13)24-20-17-8-5-15(25-28)10-14(17)4-9-18(20)23-21/h2-3,5-8,10,27H,4,9,11H2,1H3,(H,22,23). The Morgan fingerprint density at radius 1 is 1.11 bits per heavy atom. The maximum Gasteiger partial charge on any atom is 0.153 e. The van der Waals surface area contributed by atoms with Gasteiger partial charge in [-0.25, -0.2) is 9.97 Å². The smallest absolute Gasteiger partial charge is 0.153 e. The minimum atomic E-state index is -0.00425. The molecule has 0 saturated carbocycles. The van der Waals surface area contributed by atoms with Crippen molar-refractivity contribution in [3.8, 4) is 28.3 Å². The number of ketones is 1. The number of nitrogens with one attached hydrogen (secondary N) is 1. The molecule has 0 spiro atoms. The second-order valence-corrected chi connectivity index (χ2v) is 6.75. The molecule has 1 aromatic heterocycles. The lowest BCUT2D eigenvalue weighted by Gasteiger charge is -2.21. The van der Waals surface area contributed by atoms with Gasteiger partial charge in [-0.15, -0.1) is 4.91 Å². The molecule has 0 aliphatic heterocycles. The largest absolute Gasteiger partial charge is 0.508 e. The molecule has 0 radical (unpaired) electrons. The van der Waals surface area contributed by atoms with Crippen molar-refractivity contribution >= 4 is 17.3 Å². The van der Waals surface area contributed by atoms with Crippen LogP contribution >= 0.6 is 0 Å². The van der Waals surface area contributed by atoms with Crippen molar-refractivity contribution in [2.24, 2.45) is 5.18 Å². The number of aromatic nitrogens is 2. The molecule has 4 rings (SSSR count). The molecule has 7 nitrogen and oxygen atoms in total. The summed E-state index contributed by atoms with van der Waals surface area (Å²) in [6.07, 6.45) is 1.42. The summed E-state index contributed by atoms with van der Waals surface area (Å²) in [5.41, 5.74) is 5.32. The number of phenols is 1. The highest BCUT2D eigenvalue weighted by Gasteiger charge is 2.23. The number of carbonyl (C=O) groups is 1. The van der Waals surface area contributed by atoms with E-state index in [4.69, 9.17) is 9.97 Å². The normalized spacial score (nSPS) is 12.0. The van der Waals surface area contributed by atoms with Crippen LogP contribution in [0, 0.1) is 4.91 Å². The fourth-order valence-electron chi connectivity index (χ4n) is 3.34. The van der Waals surface area contributed by atoms with Gasteiger partial charge < -0.3 is 10.4 Å². The molecule has 0 unspecified atom stereocenters. The summed E-state index contributed by atoms with van der Waals surface area (Å²) in [7, 11) is 0. The Morgan fingerprint density at radius 2 is 1.89 bits per heavy atom. The van der Waals surface area contributed by atoms with Gasteiger partial charge >= 0.3 is 0 Å².